The molecule has 11 unspecified atom stereocenters. The second-order valence-electron chi connectivity index (χ2n) is 14.0. The van der Waals surface area contributed by atoms with Crippen molar-refractivity contribution in [3.8, 4) is 0 Å². The summed E-state index contributed by atoms with van der Waals surface area (Å²) in [7, 11) is 0. The van der Waals surface area contributed by atoms with Crippen molar-refractivity contribution in [2.75, 3.05) is 13.2 Å². The Hall–Kier alpha value is -0.360. The van der Waals surface area contributed by atoms with Crippen LogP contribution in [0.3, 0.4) is 0 Å². The third-order valence-electron chi connectivity index (χ3n) is 11.6. The van der Waals surface area contributed by atoms with Gasteiger partial charge in [-0.2, -0.15) is 0 Å². The number of rotatable bonds is 2. The maximum absolute atomic E-state index is 12.0. The van der Waals surface area contributed by atoms with Crippen LogP contribution in [-0.4, -0.2) is 99.4 Å². The Morgan fingerprint density at radius 1 is 0.657 bits per heavy atom. The van der Waals surface area contributed by atoms with Crippen LogP contribution in [0.1, 0.15) is 82.1 Å². The second kappa shape index (κ2) is 8.07. The van der Waals surface area contributed by atoms with Crippen LogP contribution in [0.15, 0.2) is 0 Å². The molecule has 0 saturated heterocycles. The number of hydrogen-bond acceptors (Lipinski definition) is 9. The van der Waals surface area contributed by atoms with Crippen molar-refractivity contribution >= 4 is 0 Å². The quantitative estimate of drug-likeness (QED) is 0.247. The summed E-state index contributed by atoms with van der Waals surface area (Å²) in [5.41, 5.74) is -16.1. The molecule has 0 amide bonds. The fourth-order valence-electron chi connectivity index (χ4n) is 7.85. The molecule has 11 atom stereocenters. The Morgan fingerprint density at radius 3 is 1.49 bits per heavy atom. The zero-order valence-electron chi connectivity index (χ0n) is 23.1. The van der Waals surface area contributed by atoms with Crippen molar-refractivity contribution in [1.82, 2.24) is 0 Å². The van der Waals surface area contributed by atoms with Gasteiger partial charge in [0.1, 0.15) is 5.60 Å². The summed E-state index contributed by atoms with van der Waals surface area (Å²) < 4.78 is 0. The molecule has 2 rings (SSSR count). The molecule has 0 spiro atoms. The van der Waals surface area contributed by atoms with Crippen LogP contribution in [0.5, 0.6) is 0 Å². The number of hydrogen-bond donors (Lipinski definition) is 9. The lowest BCUT2D eigenvalue weighted by atomic mass is 9.38. The molecule has 0 heterocycles. The Labute approximate surface area is 209 Å². The van der Waals surface area contributed by atoms with Gasteiger partial charge in [-0.3, -0.25) is 0 Å². The molecule has 208 valence electrons. The molecule has 9 N–H and O–H groups in total. The van der Waals surface area contributed by atoms with Gasteiger partial charge in [-0.15, -0.1) is 0 Å². The van der Waals surface area contributed by atoms with E-state index < -0.39 is 93.8 Å². The molecular weight excluding hydrogens is 456 g/mol. The first-order valence-electron chi connectivity index (χ1n) is 12.4. The van der Waals surface area contributed by atoms with E-state index in [1.165, 1.54) is 41.5 Å². The smallest absolute Gasteiger partial charge is 0.119 e. The minimum absolute atomic E-state index is 0.443. The number of fused-ring (bicyclic) bond motifs is 1. The maximum atomic E-state index is 12.0. The Morgan fingerprint density at radius 2 is 1.09 bits per heavy atom. The van der Waals surface area contributed by atoms with Crippen molar-refractivity contribution in [2.24, 2.45) is 27.6 Å². The zero-order valence-corrected chi connectivity index (χ0v) is 23.1. The Kier molecular flexibility index (Phi) is 7.12. The third-order valence-corrected chi connectivity index (χ3v) is 11.6. The molecule has 0 radical (unpaired) electrons. The first-order chi connectivity index (χ1) is 15.2. The Bertz CT molecular complexity index is 818. The minimum atomic E-state index is -2.17. The van der Waals surface area contributed by atoms with Crippen LogP contribution in [0.2, 0.25) is 0 Å². The van der Waals surface area contributed by atoms with Crippen LogP contribution in [0.25, 0.3) is 0 Å². The fraction of sp³-hybridized carbons (Fsp3) is 1.00. The summed E-state index contributed by atoms with van der Waals surface area (Å²) in [5, 5.41) is 103. The van der Waals surface area contributed by atoms with E-state index in [4.69, 9.17) is 0 Å². The highest BCUT2D eigenvalue weighted by atomic mass is 16.4. The van der Waals surface area contributed by atoms with E-state index in [1.54, 1.807) is 27.7 Å². The lowest BCUT2D eigenvalue weighted by Gasteiger charge is -2.69. The summed E-state index contributed by atoms with van der Waals surface area (Å²) in [5.74, 6) is -1.30. The van der Waals surface area contributed by atoms with Crippen LogP contribution in [0.4, 0.5) is 0 Å². The predicted octanol–water partition coefficient (Wildman–Crippen LogP) is -0.0835. The van der Waals surface area contributed by atoms with Gasteiger partial charge in [0.25, 0.3) is 0 Å². The van der Waals surface area contributed by atoms with Gasteiger partial charge in [0.05, 0.1) is 47.8 Å². The predicted molar refractivity (Wildman–Crippen MR) is 130 cm³/mol. The first kappa shape index (κ1) is 30.9. The molecule has 0 aromatic heterocycles. The van der Waals surface area contributed by atoms with Gasteiger partial charge in [0.15, 0.2) is 0 Å². The summed E-state index contributed by atoms with van der Waals surface area (Å²) in [4.78, 5) is 0. The van der Waals surface area contributed by atoms with Crippen molar-refractivity contribution < 1.29 is 46.0 Å². The van der Waals surface area contributed by atoms with Crippen LogP contribution in [0, 0.1) is 27.6 Å². The number of aliphatic hydroxyl groups is 9. The molecule has 35 heavy (non-hydrogen) atoms. The van der Waals surface area contributed by atoms with Crippen LogP contribution >= 0.6 is 0 Å². The normalized spacial score (nSPS) is 59.6. The maximum Gasteiger partial charge on any atom is 0.119 e. The van der Waals surface area contributed by atoms with E-state index in [9.17, 15) is 46.0 Å². The minimum Gasteiger partial charge on any atom is -0.396 e. The van der Waals surface area contributed by atoms with E-state index in [0.717, 1.165) is 0 Å². The summed E-state index contributed by atoms with van der Waals surface area (Å²) >= 11 is 0. The molecule has 0 aliphatic heterocycles. The zero-order chi connectivity index (χ0) is 28.1. The van der Waals surface area contributed by atoms with Crippen molar-refractivity contribution in [2.45, 2.75) is 122 Å². The van der Waals surface area contributed by atoms with Gasteiger partial charge in [0, 0.05) is 28.6 Å². The molecule has 2 saturated carbocycles. The second-order valence-corrected chi connectivity index (χ2v) is 14.0. The topological polar surface area (TPSA) is 182 Å². The molecule has 0 aromatic carbocycles. The summed E-state index contributed by atoms with van der Waals surface area (Å²) in [6.07, 6.45) is -4.20. The van der Waals surface area contributed by atoms with E-state index >= 15 is 0 Å². The van der Waals surface area contributed by atoms with Gasteiger partial charge in [0.2, 0.25) is 0 Å². The lowest BCUT2D eigenvalue weighted by Crippen LogP contribution is -2.78. The first-order valence-corrected chi connectivity index (χ1v) is 12.4. The highest BCUT2D eigenvalue weighted by Crippen LogP contribution is 2.67. The van der Waals surface area contributed by atoms with E-state index in [1.807, 2.05) is 0 Å². The van der Waals surface area contributed by atoms with Crippen molar-refractivity contribution in [3.05, 3.63) is 0 Å². The highest BCUT2D eigenvalue weighted by Gasteiger charge is 2.74. The largest absolute Gasteiger partial charge is 0.396 e. The van der Waals surface area contributed by atoms with E-state index in [0.29, 0.717) is 0 Å². The molecule has 0 bridgehead atoms. The number of aliphatic hydroxyl groups excluding tert-OH is 4. The van der Waals surface area contributed by atoms with Gasteiger partial charge >= 0.3 is 0 Å². The van der Waals surface area contributed by atoms with Crippen LogP contribution < -0.4 is 0 Å². The SMILES string of the molecule is CC1(O)CC(C)(O)C(C)(O)C(C)(O)CC2(C)C1C(O)C(C)(CO)C(C)(C)C(C)(CO)C(C)(O)C2O. The van der Waals surface area contributed by atoms with Gasteiger partial charge < -0.3 is 46.0 Å². The average Bonchev–Trinajstić information content (AvgIpc) is 2.68. The molecule has 2 fully saturated rings. The average molecular weight is 507 g/mol. The van der Waals surface area contributed by atoms with Crippen molar-refractivity contribution in [1.29, 1.82) is 0 Å². The molecule has 2 aliphatic carbocycles. The molecule has 9 nitrogen and oxygen atoms in total. The Balaban J connectivity index is 3.09. The summed E-state index contributed by atoms with van der Waals surface area (Å²) in [6.45, 7) is 13.4. The molecule has 9 heteroatoms. The summed E-state index contributed by atoms with van der Waals surface area (Å²) in [6, 6.07) is 0. The van der Waals surface area contributed by atoms with E-state index in [2.05, 4.69) is 0 Å². The fourth-order valence-corrected chi connectivity index (χ4v) is 7.85. The van der Waals surface area contributed by atoms with Crippen molar-refractivity contribution in [3.63, 3.8) is 0 Å². The highest BCUT2D eigenvalue weighted by molar-refractivity contribution is 5.24. The van der Waals surface area contributed by atoms with Crippen LogP contribution in [-0.2, 0) is 0 Å². The molecule has 2 aliphatic rings. The van der Waals surface area contributed by atoms with Gasteiger partial charge in [-0.25, -0.2) is 0 Å². The standard InChI is InChI=1S/C26H50O9/c1-18(2)20(4,13-27)16(29)15-19(3,17(30)25(9,34)22(18,6)14-28)11-23(7,32)26(10,35)24(8,33)12-21(15,5)31/h15-17,27-35H,11-14H2,1-10H3. The molecular formula is C26H50O9. The third kappa shape index (κ3) is 3.61. The lowest BCUT2D eigenvalue weighted by molar-refractivity contribution is -0.339. The van der Waals surface area contributed by atoms with E-state index in [-0.39, 0.29) is 0 Å². The van der Waals surface area contributed by atoms with Gasteiger partial charge in [-0.05, 0) is 46.5 Å². The monoisotopic (exact) mass is 506 g/mol. The molecule has 0 aromatic rings. The van der Waals surface area contributed by atoms with Gasteiger partial charge in [-0.1, -0.05) is 34.6 Å².